The standard InChI is InChI=1S/C26H45N3O9S2Si2.C14H19N3O8S2/c1-16(2)41(17(3)4)34-15-20-22(37-42(38-41,18(5)6)19(7)8)23(24(35-20)29-10-9-21(30)27-25(29)31)36-26(39)28-11-13-40(32,33)14-12-28;18-7-8-10(20)11(12(24-8)17-2-1-9(19)15-13(17)21)25-14(26)16-3-5-27(22,23)6-4-16/h9-10,16-20,22-24H,11-15H2,1-8H3,(H,27,30,31);1-2,8,10-12,18,20H,3-7H2,(H,15,19,21)/t20-,22?,23+,24-;8-,10?,11+,12-/m11/s1. The molecule has 0 aliphatic carbocycles. The third kappa shape index (κ3) is 12.0. The fourth-order valence-electron chi connectivity index (χ4n) is 9.12. The van der Waals surface area contributed by atoms with Gasteiger partial charge in [-0.1, -0.05) is 55.4 Å². The molecule has 0 bridgehead atoms. The molecule has 69 heavy (non-hydrogen) atoms. The van der Waals surface area contributed by atoms with Gasteiger partial charge < -0.3 is 51.9 Å². The molecule has 5 fully saturated rings. The van der Waals surface area contributed by atoms with Crippen LogP contribution in [0.4, 0.5) is 0 Å². The van der Waals surface area contributed by atoms with Crippen LogP contribution in [0.1, 0.15) is 67.8 Å². The van der Waals surface area contributed by atoms with Gasteiger partial charge in [-0.05, 0) is 46.6 Å². The maximum Gasteiger partial charge on any atom is 0.335 e. The van der Waals surface area contributed by atoms with Crippen molar-refractivity contribution in [3.63, 3.8) is 0 Å². The number of H-pyrrole nitrogens is 2. The number of aromatic amines is 2. The Bertz CT molecular complexity index is 2600. The summed E-state index contributed by atoms with van der Waals surface area (Å²) in [5.41, 5.74) is -2.22. The van der Waals surface area contributed by atoms with Gasteiger partial charge in [0, 0.05) is 50.7 Å². The summed E-state index contributed by atoms with van der Waals surface area (Å²) < 4.78 is 94.8. The number of thiocarbonyl (C=S) groups is 2. The van der Waals surface area contributed by atoms with Crippen LogP contribution in [0.3, 0.4) is 0 Å². The van der Waals surface area contributed by atoms with Crippen molar-refractivity contribution in [3.05, 3.63) is 66.2 Å². The molecule has 29 heteroatoms. The minimum atomic E-state index is -3.14. The summed E-state index contributed by atoms with van der Waals surface area (Å²) in [6.45, 7) is 17.3. The number of sulfone groups is 2. The third-order valence-corrected chi connectivity index (χ3v) is 27.2. The molecule has 5 saturated heterocycles. The van der Waals surface area contributed by atoms with E-state index in [-0.39, 0.29) is 88.3 Å². The Balaban J connectivity index is 0.000000249. The molecule has 0 aromatic carbocycles. The number of rotatable bonds is 9. The molecule has 388 valence electrons. The van der Waals surface area contributed by atoms with Crippen molar-refractivity contribution in [1.82, 2.24) is 28.9 Å². The molecule has 2 unspecified atom stereocenters. The molecule has 2 aromatic rings. The largest absolute Gasteiger partial charge is 0.460 e. The molecule has 0 spiro atoms. The number of fused-ring (bicyclic) bond motifs is 1. The van der Waals surface area contributed by atoms with Crippen LogP contribution in [0.25, 0.3) is 0 Å². The zero-order valence-electron chi connectivity index (χ0n) is 39.7. The van der Waals surface area contributed by atoms with E-state index in [1.165, 1.54) is 23.0 Å². The smallest absolute Gasteiger partial charge is 0.335 e. The molecule has 7 heterocycles. The van der Waals surface area contributed by atoms with Crippen molar-refractivity contribution in [2.24, 2.45) is 0 Å². The summed E-state index contributed by atoms with van der Waals surface area (Å²) in [6.07, 6.45) is -5.31. The molecule has 5 aliphatic heterocycles. The number of hydrogen-bond donors (Lipinski definition) is 4. The highest BCUT2D eigenvalue weighted by atomic mass is 32.2. The fourth-order valence-corrected chi connectivity index (χ4v) is 23.3. The molecule has 2 aromatic heterocycles. The Labute approximate surface area is 412 Å². The van der Waals surface area contributed by atoms with Gasteiger partial charge in [-0.15, -0.1) is 0 Å². The van der Waals surface area contributed by atoms with E-state index >= 15 is 0 Å². The zero-order chi connectivity index (χ0) is 51.0. The number of hydrogen-bond acceptors (Lipinski definition) is 19. The first-order chi connectivity index (χ1) is 32.2. The lowest BCUT2D eigenvalue weighted by Gasteiger charge is -2.51. The number of nitrogens with one attached hydrogen (secondary N) is 2. The van der Waals surface area contributed by atoms with Crippen LogP contribution in [-0.4, -0.2) is 182 Å². The predicted octanol–water partition coefficient (Wildman–Crippen LogP) is -0.0214. The van der Waals surface area contributed by atoms with Crippen LogP contribution in [0.15, 0.2) is 43.7 Å². The van der Waals surface area contributed by atoms with Gasteiger partial charge in [-0.25, -0.2) is 26.4 Å². The molecule has 0 saturated carbocycles. The topological polar surface area (TPSA) is 290 Å². The molecular formula is C40H64N6O17S4Si2. The highest BCUT2D eigenvalue weighted by molar-refractivity contribution is 7.91. The van der Waals surface area contributed by atoms with E-state index in [0.717, 1.165) is 10.6 Å². The summed E-state index contributed by atoms with van der Waals surface area (Å²) in [5.74, 6) is -0.193. The second-order valence-corrected chi connectivity index (χ2v) is 33.0. The van der Waals surface area contributed by atoms with E-state index < -0.39 is 115 Å². The molecule has 5 aliphatic rings. The Morgan fingerprint density at radius 3 is 1.54 bits per heavy atom. The molecular weight excluding hydrogens is 1020 g/mol. The second-order valence-electron chi connectivity index (χ2n) is 18.9. The number of nitrogens with zero attached hydrogens (tertiary/aromatic N) is 4. The van der Waals surface area contributed by atoms with Crippen LogP contribution in [0.2, 0.25) is 22.2 Å². The Morgan fingerprint density at radius 1 is 0.710 bits per heavy atom. The van der Waals surface area contributed by atoms with Crippen molar-refractivity contribution in [3.8, 4) is 0 Å². The Morgan fingerprint density at radius 2 is 1.13 bits per heavy atom. The van der Waals surface area contributed by atoms with Gasteiger partial charge in [0.1, 0.15) is 24.4 Å². The van der Waals surface area contributed by atoms with Gasteiger partial charge in [0.05, 0.1) is 36.2 Å². The average Bonchev–Trinajstić information content (AvgIpc) is 3.74. The maximum atomic E-state index is 13.0. The first-order valence-corrected chi connectivity index (χ1v) is 31.2. The molecule has 7 rings (SSSR count). The van der Waals surface area contributed by atoms with Crippen LogP contribution in [-0.2, 0) is 51.6 Å². The summed E-state index contributed by atoms with van der Waals surface area (Å²) >= 11 is 10.9. The number of aliphatic hydroxyl groups excluding tert-OH is 2. The average molecular weight is 1090 g/mol. The molecule has 23 nitrogen and oxygen atoms in total. The minimum absolute atomic E-state index is 0.0292. The van der Waals surface area contributed by atoms with Crippen molar-refractivity contribution in [2.45, 2.75) is 127 Å². The van der Waals surface area contributed by atoms with Gasteiger partial charge in [0.2, 0.25) is 0 Å². The van der Waals surface area contributed by atoms with Crippen LogP contribution >= 0.6 is 24.4 Å². The van der Waals surface area contributed by atoms with E-state index in [2.05, 4.69) is 65.4 Å². The fraction of sp³-hybridized carbons (Fsp3) is 0.750. The normalized spacial score (nSPS) is 29.5. The lowest BCUT2D eigenvalue weighted by atomic mass is 10.1. The summed E-state index contributed by atoms with van der Waals surface area (Å²) in [4.78, 5) is 55.8. The number of ether oxygens (including phenoxy) is 4. The first kappa shape index (κ1) is 55.1. The summed E-state index contributed by atoms with van der Waals surface area (Å²) in [6, 6.07) is 2.35. The van der Waals surface area contributed by atoms with Crippen LogP contribution in [0.5, 0.6) is 0 Å². The van der Waals surface area contributed by atoms with Gasteiger partial charge >= 0.3 is 28.5 Å². The van der Waals surface area contributed by atoms with Crippen molar-refractivity contribution < 1.29 is 59.0 Å². The van der Waals surface area contributed by atoms with Crippen molar-refractivity contribution in [2.75, 3.05) is 62.4 Å². The van der Waals surface area contributed by atoms with Gasteiger partial charge in [0.25, 0.3) is 21.5 Å². The van der Waals surface area contributed by atoms with Crippen molar-refractivity contribution in [1.29, 1.82) is 0 Å². The lowest BCUT2D eigenvalue weighted by Crippen LogP contribution is -2.66. The molecule has 8 atom stereocenters. The Hall–Kier alpha value is -3.21. The number of aliphatic hydroxyl groups is 2. The van der Waals surface area contributed by atoms with E-state index in [4.69, 9.17) is 56.4 Å². The molecule has 0 amide bonds. The van der Waals surface area contributed by atoms with Gasteiger partial charge in [0.15, 0.2) is 44.3 Å². The number of aromatic nitrogens is 4. The highest BCUT2D eigenvalue weighted by Crippen LogP contribution is 2.49. The Kier molecular flexibility index (Phi) is 17.5. The quantitative estimate of drug-likeness (QED) is 0.190. The highest BCUT2D eigenvalue weighted by Gasteiger charge is 2.63. The van der Waals surface area contributed by atoms with E-state index in [0.29, 0.717) is 0 Å². The molecule has 0 radical (unpaired) electrons. The third-order valence-electron chi connectivity index (χ3n) is 13.0. The van der Waals surface area contributed by atoms with Crippen LogP contribution < -0.4 is 22.5 Å². The summed E-state index contributed by atoms with van der Waals surface area (Å²) in [5, 5.41) is 19.8. The minimum Gasteiger partial charge on any atom is -0.460 e. The van der Waals surface area contributed by atoms with E-state index in [9.17, 15) is 46.2 Å². The second kappa shape index (κ2) is 21.9. The van der Waals surface area contributed by atoms with Crippen LogP contribution in [0, 0.1) is 0 Å². The maximum absolute atomic E-state index is 13.0. The van der Waals surface area contributed by atoms with Gasteiger partial charge in [-0.2, -0.15) is 0 Å². The molecule has 4 N–H and O–H groups in total. The first-order valence-electron chi connectivity index (χ1n) is 22.8. The van der Waals surface area contributed by atoms with Crippen molar-refractivity contribution >= 4 is 71.6 Å². The SMILES string of the molecule is CC(C)[Si]1(C(C)C)OC[C@H]2O[C@@H](n3ccc(=O)[nH]c3=O)[C@@H](OC(=S)N3CCS(=O)(=O)CC3)C2O[Si](C(C)C)(C(C)C)O1.O=c1ccn([C@@H]2O[C@H](CO)C(O)[C@@H]2OC(=S)N2CCS(=O)(=O)CC2)c(=O)[nH]1. The summed E-state index contributed by atoms with van der Waals surface area (Å²) in [7, 11) is -12.2. The lowest BCUT2D eigenvalue weighted by molar-refractivity contribution is -0.0597. The predicted molar refractivity (Wildman–Crippen MR) is 263 cm³/mol. The van der Waals surface area contributed by atoms with E-state index in [1.807, 2.05) is 0 Å². The zero-order valence-corrected chi connectivity index (χ0v) is 45.0. The van der Waals surface area contributed by atoms with Gasteiger partial charge in [-0.3, -0.25) is 28.7 Å². The van der Waals surface area contributed by atoms with E-state index in [1.54, 1.807) is 9.80 Å². The monoisotopic (exact) mass is 1080 g/mol.